The normalized spacial score (nSPS) is 25.4. The van der Waals surface area contributed by atoms with Crippen LogP contribution in [-0.2, 0) is 4.79 Å². The first-order valence-corrected chi connectivity index (χ1v) is 5.67. The third-order valence-electron chi connectivity index (χ3n) is 2.83. The largest absolute Gasteiger partial charge is 0.481 e. The van der Waals surface area contributed by atoms with Gasteiger partial charge in [0.15, 0.2) is 0 Å². The third-order valence-corrected chi connectivity index (χ3v) is 3.36. The Bertz CT molecular complexity index is 363. The van der Waals surface area contributed by atoms with Crippen molar-refractivity contribution in [3.8, 4) is 0 Å². The summed E-state index contributed by atoms with van der Waals surface area (Å²) in [5.41, 5.74) is 1.09. The standard InChI is InChI=1S/C11H12BrNO2/c12-8-3-1-7(2-4-8)9-5-13-6-10(9)11(14)15/h1-4,9-10,13H,5-6H2,(H,14,15). The van der Waals surface area contributed by atoms with E-state index in [2.05, 4.69) is 21.2 Å². The van der Waals surface area contributed by atoms with Crippen molar-refractivity contribution >= 4 is 21.9 Å². The minimum atomic E-state index is -0.715. The minimum absolute atomic E-state index is 0.0931. The topological polar surface area (TPSA) is 49.3 Å². The Morgan fingerprint density at radius 1 is 1.33 bits per heavy atom. The molecule has 2 rings (SSSR count). The van der Waals surface area contributed by atoms with Gasteiger partial charge in [-0.2, -0.15) is 0 Å². The van der Waals surface area contributed by atoms with Crippen molar-refractivity contribution in [3.63, 3.8) is 0 Å². The van der Waals surface area contributed by atoms with E-state index in [-0.39, 0.29) is 11.8 Å². The highest BCUT2D eigenvalue weighted by atomic mass is 79.9. The maximum absolute atomic E-state index is 11.0. The zero-order valence-corrected chi connectivity index (χ0v) is 9.70. The van der Waals surface area contributed by atoms with Crippen molar-refractivity contribution in [2.24, 2.45) is 5.92 Å². The first kappa shape index (κ1) is 10.6. The van der Waals surface area contributed by atoms with Gasteiger partial charge in [-0.05, 0) is 17.7 Å². The highest BCUT2D eigenvalue weighted by Gasteiger charge is 2.33. The van der Waals surface area contributed by atoms with Crippen LogP contribution in [0.5, 0.6) is 0 Å². The minimum Gasteiger partial charge on any atom is -0.481 e. The van der Waals surface area contributed by atoms with Gasteiger partial charge in [-0.1, -0.05) is 28.1 Å². The molecule has 0 spiro atoms. The van der Waals surface area contributed by atoms with Crippen molar-refractivity contribution in [2.75, 3.05) is 13.1 Å². The Hall–Kier alpha value is -0.870. The fourth-order valence-corrected chi connectivity index (χ4v) is 2.26. The second-order valence-electron chi connectivity index (χ2n) is 3.76. The molecule has 0 aromatic heterocycles. The SMILES string of the molecule is O=C(O)C1CNCC1c1ccc(Br)cc1. The molecule has 4 heteroatoms. The Kier molecular flexibility index (Phi) is 3.07. The van der Waals surface area contributed by atoms with Crippen LogP contribution in [0.25, 0.3) is 0 Å². The molecular weight excluding hydrogens is 258 g/mol. The van der Waals surface area contributed by atoms with E-state index in [0.717, 1.165) is 16.6 Å². The number of halogens is 1. The lowest BCUT2D eigenvalue weighted by molar-refractivity contribution is -0.141. The van der Waals surface area contributed by atoms with Crippen molar-refractivity contribution < 1.29 is 9.90 Å². The van der Waals surface area contributed by atoms with E-state index in [1.165, 1.54) is 0 Å². The van der Waals surface area contributed by atoms with Crippen LogP contribution in [0.15, 0.2) is 28.7 Å². The number of nitrogens with one attached hydrogen (secondary N) is 1. The van der Waals surface area contributed by atoms with Crippen LogP contribution in [0, 0.1) is 5.92 Å². The molecule has 0 amide bonds. The summed E-state index contributed by atoms with van der Waals surface area (Å²) in [6.07, 6.45) is 0. The highest BCUT2D eigenvalue weighted by molar-refractivity contribution is 9.10. The molecule has 0 aliphatic carbocycles. The summed E-state index contributed by atoms with van der Waals surface area (Å²) in [6.45, 7) is 1.31. The number of carbonyl (C=O) groups is 1. The van der Waals surface area contributed by atoms with Crippen molar-refractivity contribution in [1.29, 1.82) is 0 Å². The Labute approximate surface area is 96.6 Å². The lowest BCUT2D eigenvalue weighted by atomic mass is 9.89. The summed E-state index contributed by atoms with van der Waals surface area (Å²) in [4.78, 5) is 11.0. The molecule has 0 radical (unpaired) electrons. The zero-order valence-electron chi connectivity index (χ0n) is 8.11. The molecule has 0 bridgehead atoms. The van der Waals surface area contributed by atoms with E-state index >= 15 is 0 Å². The molecule has 2 N–H and O–H groups in total. The lowest BCUT2D eigenvalue weighted by Gasteiger charge is -2.14. The van der Waals surface area contributed by atoms with Crippen LogP contribution in [0.1, 0.15) is 11.5 Å². The summed E-state index contributed by atoms with van der Waals surface area (Å²) in [7, 11) is 0. The van der Waals surface area contributed by atoms with E-state index in [9.17, 15) is 4.79 Å². The first-order valence-electron chi connectivity index (χ1n) is 4.87. The Morgan fingerprint density at radius 3 is 2.60 bits per heavy atom. The molecule has 1 aromatic carbocycles. The first-order chi connectivity index (χ1) is 7.18. The van der Waals surface area contributed by atoms with Crippen molar-refractivity contribution in [2.45, 2.75) is 5.92 Å². The highest BCUT2D eigenvalue weighted by Crippen LogP contribution is 2.29. The monoisotopic (exact) mass is 269 g/mol. The maximum Gasteiger partial charge on any atom is 0.308 e. The van der Waals surface area contributed by atoms with Gasteiger partial charge in [-0.25, -0.2) is 0 Å². The smallest absolute Gasteiger partial charge is 0.308 e. The second-order valence-corrected chi connectivity index (χ2v) is 4.68. The molecule has 1 heterocycles. The van der Waals surface area contributed by atoms with Gasteiger partial charge >= 0.3 is 5.97 Å². The number of rotatable bonds is 2. The van der Waals surface area contributed by atoms with Gasteiger partial charge in [0.1, 0.15) is 0 Å². The van der Waals surface area contributed by atoms with E-state index in [1.807, 2.05) is 24.3 Å². The van der Waals surface area contributed by atoms with Gasteiger partial charge < -0.3 is 10.4 Å². The van der Waals surface area contributed by atoms with E-state index in [4.69, 9.17) is 5.11 Å². The fraction of sp³-hybridized carbons (Fsp3) is 0.364. The zero-order chi connectivity index (χ0) is 10.8. The predicted molar refractivity (Wildman–Crippen MR) is 60.9 cm³/mol. The van der Waals surface area contributed by atoms with Gasteiger partial charge in [0.2, 0.25) is 0 Å². The quantitative estimate of drug-likeness (QED) is 0.862. The average Bonchev–Trinajstić information content (AvgIpc) is 2.67. The van der Waals surface area contributed by atoms with E-state index < -0.39 is 5.97 Å². The lowest BCUT2D eigenvalue weighted by Crippen LogP contribution is -2.20. The summed E-state index contributed by atoms with van der Waals surface area (Å²) in [6, 6.07) is 7.87. The molecule has 3 nitrogen and oxygen atoms in total. The summed E-state index contributed by atoms with van der Waals surface area (Å²) in [5.74, 6) is -0.922. The van der Waals surface area contributed by atoms with Gasteiger partial charge in [0.25, 0.3) is 0 Å². The number of hydrogen-bond donors (Lipinski definition) is 2. The molecule has 1 saturated heterocycles. The van der Waals surface area contributed by atoms with Gasteiger partial charge in [0, 0.05) is 23.5 Å². The van der Waals surface area contributed by atoms with Crippen LogP contribution in [-0.4, -0.2) is 24.2 Å². The average molecular weight is 270 g/mol. The van der Waals surface area contributed by atoms with Crippen LogP contribution in [0.4, 0.5) is 0 Å². The Balaban J connectivity index is 2.22. The summed E-state index contributed by atoms with van der Waals surface area (Å²) < 4.78 is 1.02. The van der Waals surface area contributed by atoms with Crippen molar-refractivity contribution in [3.05, 3.63) is 34.3 Å². The van der Waals surface area contributed by atoms with E-state index in [1.54, 1.807) is 0 Å². The number of hydrogen-bond acceptors (Lipinski definition) is 2. The number of aliphatic carboxylic acids is 1. The number of carboxylic acid groups (broad SMARTS) is 1. The van der Waals surface area contributed by atoms with Gasteiger partial charge in [0.05, 0.1) is 5.92 Å². The van der Waals surface area contributed by atoms with Crippen LogP contribution in [0.3, 0.4) is 0 Å². The summed E-state index contributed by atoms with van der Waals surface area (Å²) in [5, 5.41) is 12.2. The maximum atomic E-state index is 11.0. The molecule has 1 aromatic rings. The van der Waals surface area contributed by atoms with Crippen LogP contribution < -0.4 is 5.32 Å². The molecule has 15 heavy (non-hydrogen) atoms. The van der Waals surface area contributed by atoms with Gasteiger partial charge in [-0.3, -0.25) is 4.79 Å². The van der Waals surface area contributed by atoms with E-state index in [0.29, 0.717) is 6.54 Å². The fourth-order valence-electron chi connectivity index (χ4n) is 2.00. The molecule has 1 aliphatic rings. The summed E-state index contributed by atoms with van der Waals surface area (Å²) >= 11 is 3.37. The molecule has 2 atom stereocenters. The molecule has 1 aliphatic heterocycles. The third kappa shape index (κ3) is 2.21. The van der Waals surface area contributed by atoms with Crippen molar-refractivity contribution in [1.82, 2.24) is 5.32 Å². The molecule has 1 fully saturated rings. The van der Waals surface area contributed by atoms with Crippen LogP contribution >= 0.6 is 15.9 Å². The Morgan fingerprint density at radius 2 is 2.00 bits per heavy atom. The number of benzene rings is 1. The molecule has 80 valence electrons. The molecule has 2 unspecified atom stereocenters. The second kappa shape index (κ2) is 4.33. The predicted octanol–water partition coefficient (Wildman–Crippen LogP) is 1.84. The van der Waals surface area contributed by atoms with Crippen LogP contribution in [0.2, 0.25) is 0 Å². The molecule has 0 saturated carbocycles. The molecular formula is C11H12BrNO2. The number of carboxylic acids is 1. The van der Waals surface area contributed by atoms with Gasteiger partial charge in [-0.15, -0.1) is 0 Å².